The van der Waals surface area contributed by atoms with E-state index in [1.54, 1.807) is 0 Å². The van der Waals surface area contributed by atoms with Gasteiger partial charge in [0.15, 0.2) is 0 Å². The second-order valence-corrected chi connectivity index (χ2v) is 7.89. The lowest BCUT2D eigenvalue weighted by Gasteiger charge is -2.33. The number of amides is 2. The van der Waals surface area contributed by atoms with Gasteiger partial charge in [-0.3, -0.25) is 9.59 Å². The maximum atomic E-state index is 13.0. The van der Waals surface area contributed by atoms with Crippen molar-refractivity contribution >= 4 is 23.2 Å². The summed E-state index contributed by atoms with van der Waals surface area (Å²) in [6.07, 6.45) is 8.07. The molecule has 1 saturated carbocycles. The smallest absolute Gasteiger partial charge is 0.253 e. The summed E-state index contributed by atoms with van der Waals surface area (Å²) >= 11 is 0. The highest BCUT2D eigenvalue weighted by atomic mass is 16.2. The molecule has 1 aliphatic carbocycles. The molecule has 0 aromatic heterocycles. The van der Waals surface area contributed by atoms with Crippen molar-refractivity contribution in [2.24, 2.45) is 5.92 Å². The fraction of sp³-hybridized carbons (Fsp3) is 0.619. The molecule has 1 saturated heterocycles. The standard InChI is InChI=1S/C21H31N3O2/c1-15-10-12-24(13-11-15)20-9-8-18(22-16(2)25)14-19(20)21(26)23-17-6-4-3-5-7-17/h8-9,14-15,17H,3-7,10-13H2,1-2H3,(H,22,25)(H,23,26). The first kappa shape index (κ1) is 18.7. The molecule has 26 heavy (non-hydrogen) atoms. The molecule has 1 aromatic rings. The van der Waals surface area contributed by atoms with Gasteiger partial charge in [0.25, 0.3) is 5.91 Å². The molecule has 5 heteroatoms. The normalized spacial score (nSPS) is 19.2. The van der Waals surface area contributed by atoms with Crippen molar-refractivity contribution in [3.05, 3.63) is 23.8 Å². The summed E-state index contributed by atoms with van der Waals surface area (Å²) in [6, 6.07) is 5.98. The number of carbonyl (C=O) groups excluding carboxylic acids is 2. The summed E-state index contributed by atoms with van der Waals surface area (Å²) in [7, 11) is 0. The summed E-state index contributed by atoms with van der Waals surface area (Å²) in [6.45, 7) is 5.73. The number of hydrogen-bond acceptors (Lipinski definition) is 3. The fourth-order valence-corrected chi connectivity index (χ4v) is 4.03. The SMILES string of the molecule is CC(=O)Nc1ccc(N2CCC(C)CC2)c(C(=O)NC2CCCCC2)c1. The molecule has 2 fully saturated rings. The molecule has 3 rings (SSSR count). The van der Waals surface area contributed by atoms with Gasteiger partial charge in [0, 0.05) is 37.4 Å². The molecular formula is C21H31N3O2. The van der Waals surface area contributed by atoms with Gasteiger partial charge in [0.2, 0.25) is 5.91 Å². The first-order valence-electron chi connectivity index (χ1n) is 10.0. The molecule has 0 unspecified atom stereocenters. The Morgan fingerprint density at radius 2 is 1.73 bits per heavy atom. The molecule has 0 spiro atoms. The van der Waals surface area contributed by atoms with E-state index in [0.29, 0.717) is 11.3 Å². The molecule has 0 radical (unpaired) electrons. The van der Waals surface area contributed by atoms with Crippen LogP contribution in [0, 0.1) is 5.92 Å². The Kier molecular flexibility index (Phi) is 6.17. The average molecular weight is 357 g/mol. The van der Waals surface area contributed by atoms with E-state index in [1.807, 2.05) is 18.2 Å². The zero-order valence-electron chi connectivity index (χ0n) is 16.0. The lowest BCUT2D eigenvalue weighted by molar-refractivity contribution is -0.114. The van der Waals surface area contributed by atoms with Crippen LogP contribution in [0.2, 0.25) is 0 Å². The zero-order chi connectivity index (χ0) is 18.5. The molecule has 142 valence electrons. The Morgan fingerprint density at radius 3 is 2.38 bits per heavy atom. The Balaban J connectivity index is 1.82. The average Bonchev–Trinajstić information content (AvgIpc) is 2.63. The Morgan fingerprint density at radius 1 is 1.04 bits per heavy atom. The van der Waals surface area contributed by atoms with E-state index >= 15 is 0 Å². The molecule has 2 N–H and O–H groups in total. The summed E-state index contributed by atoms with van der Waals surface area (Å²) in [5.41, 5.74) is 2.34. The quantitative estimate of drug-likeness (QED) is 0.858. The van der Waals surface area contributed by atoms with Gasteiger partial charge in [0.1, 0.15) is 0 Å². The van der Waals surface area contributed by atoms with Crippen molar-refractivity contribution < 1.29 is 9.59 Å². The van der Waals surface area contributed by atoms with E-state index in [4.69, 9.17) is 0 Å². The predicted molar refractivity (Wildman–Crippen MR) is 106 cm³/mol. The van der Waals surface area contributed by atoms with Gasteiger partial charge in [-0.05, 0) is 49.8 Å². The van der Waals surface area contributed by atoms with E-state index < -0.39 is 0 Å². The van der Waals surface area contributed by atoms with E-state index in [9.17, 15) is 9.59 Å². The number of benzene rings is 1. The first-order chi connectivity index (χ1) is 12.5. The minimum atomic E-state index is -0.122. The van der Waals surface area contributed by atoms with Crippen LogP contribution in [0.5, 0.6) is 0 Å². The van der Waals surface area contributed by atoms with Crippen molar-refractivity contribution in [3.8, 4) is 0 Å². The van der Waals surface area contributed by atoms with E-state index in [2.05, 4.69) is 22.5 Å². The molecular weight excluding hydrogens is 326 g/mol. The minimum Gasteiger partial charge on any atom is -0.371 e. The number of piperidine rings is 1. The summed E-state index contributed by atoms with van der Waals surface area (Å²) < 4.78 is 0. The van der Waals surface area contributed by atoms with Gasteiger partial charge in [-0.15, -0.1) is 0 Å². The van der Waals surface area contributed by atoms with Crippen LogP contribution < -0.4 is 15.5 Å². The van der Waals surface area contributed by atoms with Crippen molar-refractivity contribution in [3.63, 3.8) is 0 Å². The van der Waals surface area contributed by atoms with Crippen LogP contribution >= 0.6 is 0 Å². The van der Waals surface area contributed by atoms with Gasteiger partial charge in [-0.1, -0.05) is 26.2 Å². The largest absolute Gasteiger partial charge is 0.371 e. The highest BCUT2D eigenvalue weighted by Crippen LogP contribution is 2.29. The van der Waals surface area contributed by atoms with E-state index in [1.165, 1.54) is 26.2 Å². The number of carbonyl (C=O) groups is 2. The van der Waals surface area contributed by atoms with Gasteiger partial charge < -0.3 is 15.5 Å². The van der Waals surface area contributed by atoms with Crippen molar-refractivity contribution in [2.75, 3.05) is 23.3 Å². The Labute approximate surface area is 156 Å². The van der Waals surface area contributed by atoms with Crippen LogP contribution in [0.25, 0.3) is 0 Å². The number of nitrogens with zero attached hydrogens (tertiary/aromatic N) is 1. The van der Waals surface area contributed by atoms with Crippen LogP contribution in [-0.4, -0.2) is 30.9 Å². The highest BCUT2D eigenvalue weighted by molar-refractivity contribution is 6.02. The molecule has 1 aromatic carbocycles. The zero-order valence-corrected chi connectivity index (χ0v) is 16.0. The predicted octanol–water partition coefficient (Wildman–Crippen LogP) is 3.94. The van der Waals surface area contributed by atoms with Crippen LogP contribution in [0.4, 0.5) is 11.4 Å². The van der Waals surface area contributed by atoms with Gasteiger partial charge in [0.05, 0.1) is 5.56 Å². The van der Waals surface area contributed by atoms with Crippen LogP contribution in [0.3, 0.4) is 0 Å². The Hall–Kier alpha value is -2.04. The first-order valence-corrected chi connectivity index (χ1v) is 10.0. The summed E-state index contributed by atoms with van der Waals surface area (Å²) in [5, 5.41) is 6.03. The number of rotatable bonds is 4. The Bertz CT molecular complexity index is 645. The third-order valence-corrected chi connectivity index (χ3v) is 5.63. The maximum Gasteiger partial charge on any atom is 0.253 e. The number of hydrogen-bond donors (Lipinski definition) is 2. The lowest BCUT2D eigenvalue weighted by Crippen LogP contribution is -2.38. The maximum absolute atomic E-state index is 13.0. The third-order valence-electron chi connectivity index (χ3n) is 5.63. The fourth-order valence-electron chi connectivity index (χ4n) is 4.03. The summed E-state index contributed by atoms with van der Waals surface area (Å²) in [4.78, 5) is 26.8. The lowest BCUT2D eigenvalue weighted by atomic mass is 9.95. The molecule has 1 heterocycles. The van der Waals surface area contributed by atoms with E-state index in [-0.39, 0.29) is 17.9 Å². The van der Waals surface area contributed by atoms with Gasteiger partial charge in [-0.2, -0.15) is 0 Å². The number of nitrogens with one attached hydrogen (secondary N) is 2. The molecule has 0 bridgehead atoms. The number of anilines is 2. The second-order valence-electron chi connectivity index (χ2n) is 7.89. The van der Waals surface area contributed by atoms with Crippen LogP contribution in [-0.2, 0) is 4.79 Å². The third kappa shape index (κ3) is 4.77. The molecule has 1 aliphatic heterocycles. The van der Waals surface area contributed by atoms with Crippen molar-refractivity contribution in [1.29, 1.82) is 0 Å². The van der Waals surface area contributed by atoms with Crippen LogP contribution in [0.15, 0.2) is 18.2 Å². The monoisotopic (exact) mass is 357 g/mol. The van der Waals surface area contributed by atoms with Gasteiger partial charge >= 0.3 is 0 Å². The molecule has 0 atom stereocenters. The molecule has 2 aliphatic rings. The van der Waals surface area contributed by atoms with E-state index in [0.717, 1.165) is 50.4 Å². The molecule has 5 nitrogen and oxygen atoms in total. The molecule has 2 amide bonds. The van der Waals surface area contributed by atoms with Crippen molar-refractivity contribution in [1.82, 2.24) is 5.32 Å². The van der Waals surface area contributed by atoms with Gasteiger partial charge in [-0.25, -0.2) is 0 Å². The van der Waals surface area contributed by atoms with Crippen molar-refractivity contribution in [2.45, 2.75) is 64.8 Å². The highest BCUT2D eigenvalue weighted by Gasteiger charge is 2.23. The summed E-state index contributed by atoms with van der Waals surface area (Å²) in [5.74, 6) is 0.602. The van der Waals surface area contributed by atoms with Crippen LogP contribution in [0.1, 0.15) is 69.2 Å². The topological polar surface area (TPSA) is 61.4 Å². The minimum absolute atomic E-state index is 0.0160. The second kappa shape index (κ2) is 8.56.